The van der Waals surface area contributed by atoms with Gasteiger partial charge in [-0.3, -0.25) is 0 Å². The van der Waals surface area contributed by atoms with Crippen molar-refractivity contribution in [1.29, 1.82) is 0 Å². The summed E-state index contributed by atoms with van der Waals surface area (Å²) in [5, 5.41) is 4.71. The van der Waals surface area contributed by atoms with Crippen molar-refractivity contribution in [3.8, 4) is 0 Å². The maximum Gasteiger partial charge on any atom is 0.322 e. The number of anilines is 1. The summed E-state index contributed by atoms with van der Waals surface area (Å²) in [5.74, 6) is -0.311. The monoisotopic (exact) mass is 497 g/mol. The van der Waals surface area contributed by atoms with Gasteiger partial charge in [-0.1, -0.05) is 39.7 Å². The average molecular weight is 499 g/mol. The number of H-pyrrole nitrogens is 1. The predicted octanol–water partition coefficient (Wildman–Crippen LogP) is 6.90. The Kier molecular flexibility index (Phi) is 5.20. The molecular weight excluding hydrogens is 481 g/mol. The van der Waals surface area contributed by atoms with Gasteiger partial charge in [0.15, 0.2) is 0 Å². The van der Waals surface area contributed by atoms with E-state index < -0.39 is 0 Å². The fraction of sp³-hybridized carbons (Fsp3) is 0.125. The van der Waals surface area contributed by atoms with Gasteiger partial charge in [0.05, 0.1) is 6.04 Å². The largest absolute Gasteiger partial charge is 0.356 e. The number of hydrogen-bond acceptors (Lipinski definition) is 1. The summed E-state index contributed by atoms with van der Waals surface area (Å²) >= 11 is 9.64. The average Bonchev–Trinajstić information content (AvgIpc) is 3.13. The smallest absolute Gasteiger partial charge is 0.322 e. The first-order valence-corrected chi connectivity index (χ1v) is 11.1. The van der Waals surface area contributed by atoms with Crippen LogP contribution in [-0.2, 0) is 6.42 Å². The fourth-order valence-corrected chi connectivity index (χ4v) is 4.64. The number of rotatable bonds is 2. The van der Waals surface area contributed by atoms with E-state index in [-0.39, 0.29) is 17.9 Å². The number of carbonyl (C=O) groups is 1. The number of halogens is 3. The highest BCUT2D eigenvalue weighted by atomic mass is 79.9. The van der Waals surface area contributed by atoms with E-state index in [2.05, 4.69) is 26.2 Å². The summed E-state index contributed by atoms with van der Waals surface area (Å²) in [5.41, 5.74) is 4.59. The van der Waals surface area contributed by atoms with Gasteiger partial charge in [0.25, 0.3) is 0 Å². The molecule has 0 fully saturated rings. The molecule has 1 aliphatic heterocycles. The van der Waals surface area contributed by atoms with Gasteiger partial charge in [-0.05, 0) is 72.1 Å². The van der Waals surface area contributed by atoms with Crippen molar-refractivity contribution in [1.82, 2.24) is 9.88 Å². The second-order valence-corrected chi connectivity index (χ2v) is 8.89. The summed E-state index contributed by atoms with van der Waals surface area (Å²) in [7, 11) is 0. The van der Waals surface area contributed by atoms with Crippen LogP contribution in [0.5, 0.6) is 0 Å². The van der Waals surface area contributed by atoms with E-state index in [0.717, 1.165) is 32.2 Å². The number of benzene rings is 3. The van der Waals surface area contributed by atoms with E-state index in [4.69, 9.17) is 11.6 Å². The van der Waals surface area contributed by atoms with E-state index >= 15 is 0 Å². The van der Waals surface area contributed by atoms with Crippen LogP contribution in [0.15, 0.2) is 71.2 Å². The number of nitrogens with zero attached hydrogens (tertiary/aromatic N) is 1. The number of nitrogens with one attached hydrogen (secondary N) is 2. The molecule has 2 amide bonds. The quantitative estimate of drug-likeness (QED) is 0.310. The Balaban J connectivity index is 1.58. The molecule has 0 saturated heterocycles. The number of fused-ring (bicyclic) bond motifs is 3. The van der Waals surface area contributed by atoms with Crippen molar-refractivity contribution in [2.75, 3.05) is 11.9 Å². The van der Waals surface area contributed by atoms with Crippen molar-refractivity contribution in [3.05, 3.63) is 98.9 Å². The van der Waals surface area contributed by atoms with Crippen molar-refractivity contribution in [2.24, 2.45) is 0 Å². The summed E-state index contributed by atoms with van der Waals surface area (Å²) in [6.07, 6.45) is 0.696. The molecule has 3 aromatic carbocycles. The highest BCUT2D eigenvalue weighted by molar-refractivity contribution is 9.10. The number of aromatic amines is 1. The van der Waals surface area contributed by atoms with Crippen LogP contribution in [0.4, 0.5) is 14.9 Å². The zero-order valence-electron chi connectivity index (χ0n) is 16.3. The Hall–Kier alpha value is -2.83. The van der Waals surface area contributed by atoms with Crippen LogP contribution < -0.4 is 5.32 Å². The minimum Gasteiger partial charge on any atom is -0.356 e. The molecule has 1 atom stereocenters. The molecule has 0 radical (unpaired) electrons. The topological polar surface area (TPSA) is 48.1 Å². The lowest BCUT2D eigenvalue weighted by Gasteiger charge is -2.36. The normalized spacial score (nSPS) is 15.7. The molecule has 156 valence electrons. The zero-order valence-corrected chi connectivity index (χ0v) is 18.7. The zero-order chi connectivity index (χ0) is 21.5. The van der Waals surface area contributed by atoms with Gasteiger partial charge in [-0.15, -0.1) is 0 Å². The van der Waals surface area contributed by atoms with Crippen LogP contribution in [0.1, 0.15) is 22.9 Å². The first-order chi connectivity index (χ1) is 15.0. The van der Waals surface area contributed by atoms with Gasteiger partial charge in [0, 0.05) is 38.3 Å². The third-order valence-corrected chi connectivity index (χ3v) is 6.39. The third kappa shape index (κ3) is 3.82. The van der Waals surface area contributed by atoms with Gasteiger partial charge in [0.2, 0.25) is 0 Å². The molecule has 4 aromatic rings. The number of carbonyl (C=O) groups excluding carboxylic acids is 1. The molecule has 0 spiro atoms. The van der Waals surface area contributed by atoms with Gasteiger partial charge in [-0.25, -0.2) is 9.18 Å². The van der Waals surface area contributed by atoms with E-state index in [9.17, 15) is 9.18 Å². The molecule has 0 bridgehead atoms. The molecule has 0 saturated carbocycles. The first-order valence-electron chi connectivity index (χ1n) is 9.88. The number of hydrogen-bond donors (Lipinski definition) is 2. The molecule has 1 aromatic heterocycles. The number of aromatic nitrogens is 1. The van der Waals surface area contributed by atoms with Gasteiger partial charge in [0.1, 0.15) is 5.82 Å². The molecule has 2 N–H and O–H groups in total. The third-order valence-electron chi connectivity index (χ3n) is 5.63. The Bertz CT molecular complexity index is 1270. The van der Waals surface area contributed by atoms with E-state index in [1.165, 1.54) is 12.1 Å². The summed E-state index contributed by atoms with van der Waals surface area (Å²) in [6.45, 7) is 0.525. The number of urea groups is 1. The maximum atomic E-state index is 13.6. The first kappa shape index (κ1) is 20.1. The lowest BCUT2D eigenvalue weighted by atomic mass is 9.92. The SMILES string of the molecule is O=C(Nc1ccc(Br)cc1)N1CCc2c([nH]c3ccc(Cl)cc23)[C@@H]1c1ccc(F)cc1. The highest BCUT2D eigenvalue weighted by Gasteiger charge is 2.34. The van der Waals surface area contributed by atoms with Crippen LogP contribution in [0.3, 0.4) is 0 Å². The fourth-order valence-electron chi connectivity index (χ4n) is 4.20. The standard InChI is InChI=1S/C24H18BrClFN3O/c25-15-3-8-18(9-4-15)28-24(31)30-12-11-19-20-13-16(26)5-10-21(20)29-22(19)23(30)14-1-6-17(27)7-2-14/h1-10,13,23,29H,11-12H2,(H,28,31)/t23-/m0/s1. The maximum absolute atomic E-state index is 13.6. The molecule has 4 nitrogen and oxygen atoms in total. The van der Waals surface area contributed by atoms with Crippen molar-refractivity contribution < 1.29 is 9.18 Å². The van der Waals surface area contributed by atoms with Crippen LogP contribution in [-0.4, -0.2) is 22.5 Å². The molecule has 0 unspecified atom stereocenters. The molecular formula is C24H18BrClFN3O. The van der Waals surface area contributed by atoms with Crippen LogP contribution in [0, 0.1) is 5.82 Å². The molecule has 7 heteroatoms. The Labute approximate surface area is 192 Å². The summed E-state index contributed by atoms with van der Waals surface area (Å²) in [4.78, 5) is 18.5. The van der Waals surface area contributed by atoms with Gasteiger partial charge >= 0.3 is 6.03 Å². The van der Waals surface area contributed by atoms with E-state index in [1.54, 1.807) is 17.0 Å². The molecule has 0 aliphatic carbocycles. The Morgan fingerprint density at radius 3 is 2.58 bits per heavy atom. The highest BCUT2D eigenvalue weighted by Crippen LogP contribution is 2.39. The Morgan fingerprint density at radius 1 is 1.10 bits per heavy atom. The lowest BCUT2D eigenvalue weighted by molar-refractivity contribution is 0.193. The Morgan fingerprint density at radius 2 is 1.84 bits per heavy atom. The minimum absolute atomic E-state index is 0.209. The van der Waals surface area contributed by atoms with E-state index in [1.807, 2.05) is 42.5 Å². The van der Waals surface area contributed by atoms with E-state index in [0.29, 0.717) is 23.7 Å². The minimum atomic E-state index is -0.369. The van der Waals surface area contributed by atoms with Crippen molar-refractivity contribution in [2.45, 2.75) is 12.5 Å². The van der Waals surface area contributed by atoms with Crippen LogP contribution >= 0.6 is 27.5 Å². The summed E-state index contributed by atoms with van der Waals surface area (Å²) < 4.78 is 14.6. The number of amides is 2. The summed E-state index contributed by atoms with van der Waals surface area (Å²) in [6, 6.07) is 18.9. The molecule has 31 heavy (non-hydrogen) atoms. The van der Waals surface area contributed by atoms with Crippen molar-refractivity contribution in [3.63, 3.8) is 0 Å². The predicted molar refractivity (Wildman–Crippen MR) is 125 cm³/mol. The van der Waals surface area contributed by atoms with Crippen LogP contribution in [0.2, 0.25) is 5.02 Å². The second kappa shape index (κ2) is 8.02. The molecule has 5 rings (SSSR count). The van der Waals surface area contributed by atoms with Gasteiger partial charge < -0.3 is 15.2 Å². The van der Waals surface area contributed by atoms with Crippen LogP contribution in [0.25, 0.3) is 10.9 Å². The van der Waals surface area contributed by atoms with Crippen molar-refractivity contribution >= 4 is 50.2 Å². The second-order valence-electron chi connectivity index (χ2n) is 7.54. The lowest BCUT2D eigenvalue weighted by Crippen LogP contribution is -2.43. The molecule has 2 heterocycles. The van der Waals surface area contributed by atoms with Gasteiger partial charge in [-0.2, -0.15) is 0 Å². The molecule has 1 aliphatic rings.